The van der Waals surface area contributed by atoms with Gasteiger partial charge in [0.15, 0.2) is 16.8 Å². The topological polar surface area (TPSA) is 89.1 Å². The molecule has 1 atom stereocenters. The second-order valence-corrected chi connectivity index (χ2v) is 8.93. The van der Waals surface area contributed by atoms with Crippen molar-refractivity contribution in [1.82, 2.24) is 24.8 Å². The maximum atomic E-state index is 13.5. The molecule has 1 fully saturated rings. The second kappa shape index (κ2) is 9.61. The number of hydrogen-bond donors (Lipinski definition) is 1. The molecule has 1 saturated heterocycles. The van der Waals surface area contributed by atoms with Gasteiger partial charge in [-0.25, -0.2) is 4.39 Å². The number of likely N-dealkylation sites (tertiary alicyclic amines) is 1. The summed E-state index contributed by atoms with van der Waals surface area (Å²) in [5.74, 6) is 1.24. The molecule has 0 saturated carbocycles. The third-order valence-electron chi connectivity index (χ3n) is 5.13. The van der Waals surface area contributed by atoms with E-state index < -0.39 is 5.25 Å². The van der Waals surface area contributed by atoms with Crippen molar-refractivity contribution >= 4 is 23.5 Å². The summed E-state index contributed by atoms with van der Waals surface area (Å²) < 4.78 is 20.4. The number of anilines is 1. The van der Waals surface area contributed by atoms with Crippen LogP contribution in [0.5, 0.6) is 0 Å². The summed E-state index contributed by atoms with van der Waals surface area (Å²) in [6.07, 6.45) is 3.59. The molecule has 3 heterocycles. The molecule has 31 heavy (non-hydrogen) atoms. The van der Waals surface area contributed by atoms with Crippen LogP contribution in [0.4, 0.5) is 10.2 Å². The van der Waals surface area contributed by atoms with Gasteiger partial charge in [0.05, 0.1) is 11.8 Å². The minimum atomic E-state index is -0.455. The lowest BCUT2D eigenvalue weighted by Crippen LogP contribution is -2.30. The Labute approximate surface area is 184 Å². The van der Waals surface area contributed by atoms with Gasteiger partial charge >= 0.3 is 0 Å². The zero-order valence-corrected chi connectivity index (χ0v) is 18.4. The van der Waals surface area contributed by atoms with Gasteiger partial charge in [0.25, 0.3) is 0 Å². The standard InChI is InChI=1S/C21H25FN6O2S/c1-14-12-18(26-30-14)23-20(29)15(2)31-21-25-24-19(13-27-10-4-3-5-11-27)28(21)17-8-6-16(22)7-9-17/h6-9,12,15H,3-5,10-11,13H2,1-2H3,(H,23,26,29)/t15-/m0/s1. The quantitative estimate of drug-likeness (QED) is 0.554. The molecule has 2 aromatic heterocycles. The third-order valence-corrected chi connectivity index (χ3v) is 6.17. The van der Waals surface area contributed by atoms with Crippen molar-refractivity contribution in [2.75, 3.05) is 18.4 Å². The van der Waals surface area contributed by atoms with Crippen molar-refractivity contribution in [3.05, 3.63) is 47.7 Å². The van der Waals surface area contributed by atoms with E-state index in [1.165, 1.54) is 43.2 Å². The number of rotatable bonds is 7. The third kappa shape index (κ3) is 5.31. The lowest BCUT2D eigenvalue weighted by molar-refractivity contribution is -0.115. The Hall–Kier alpha value is -2.72. The van der Waals surface area contributed by atoms with E-state index in [-0.39, 0.29) is 11.7 Å². The molecule has 0 bridgehead atoms. The molecule has 8 nitrogen and oxygen atoms in total. The number of hydrogen-bond acceptors (Lipinski definition) is 7. The van der Waals surface area contributed by atoms with Crippen LogP contribution >= 0.6 is 11.8 Å². The Morgan fingerprint density at radius 2 is 1.97 bits per heavy atom. The molecule has 1 aliphatic rings. The number of aryl methyl sites for hydroxylation is 1. The number of thioether (sulfide) groups is 1. The number of amides is 1. The van der Waals surface area contributed by atoms with Crippen LogP contribution in [-0.4, -0.2) is 49.1 Å². The molecule has 0 aliphatic carbocycles. The molecule has 1 aromatic carbocycles. The maximum absolute atomic E-state index is 13.5. The van der Waals surface area contributed by atoms with Gasteiger partial charge in [-0.1, -0.05) is 23.3 Å². The van der Waals surface area contributed by atoms with E-state index in [0.717, 1.165) is 24.6 Å². The highest BCUT2D eigenvalue weighted by Crippen LogP contribution is 2.27. The summed E-state index contributed by atoms with van der Waals surface area (Å²) in [6, 6.07) is 7.89. The van der Waals surface area contributed by atoms with Gasteiger partial charge in [0.1, 0.15) is 11.6 Å². The summed E-state index contributed by atoms with van der Waals surface area (Å²) in [5, 5.41) is 15.4. The number of nitrogens with zero attached hydrogens (tertiary/aromatic N) is 5. The van der Waals surface area contributed by atoms with E-state index in [4.69, 9.17) is 4.52 Å². The molecule has 3 aromatic rings. The van der Waals surface area contributed by atoms with E-state index >= 15 is 0 Å². The largest absolute Gasteiger partial charge is 0.360 e. The minimum absolute atomic E-state index is 0.218. The number of piperidine rings is 1. The fourth-order valence-corrected chi connectivity index (χ4v) is 4.40. The average molecular weight is 445 g/mol. The van der Waals surface area contributed by atoms with Crippen molar-refractivity contribution < 1.29 is 13.7 Å². The second-order valence-electron chi connectivity index (χ2n) is 7.62. The minimum Gasteiger partial charge on any atom is -0.360 e. The summed E-state index contributed by atoms with van der Waals surface area (Å²) >= 11 is 1.29. The lowest BCUT2D eigenvalue weighted by atomic mass is 10.1. The molecule has 1 aliphatic heterocycles. The van der Waals surface area contributed by atoms with Crippen LogP contribution in [0.2, 0.25) is 0 Å². The van der Waals surface area contributed by atoms with E-state index in [9.17, 15) is 9.18 Å². The number of halogens is 1. The van der Waals surface area contributed by atoms with Crippen LogP contribution in [0.3, 0.4) is 0 Å². The highest BCUT2D eigenvalue weighted by Gasteiger charge is 2.23. The summed E-state index contributed by atoms with van der Waals surface area (Å²) in [5.41, 5.74) is 0.764. The normalized spacial score (nSPS) is 15.7. The first kappa shape index (κ1) is 21.5. The Bertz CT molecular complexity index is 1030. The summed E-state index contributed by atoms with van der Waals surface area (Å²) in [4.78, 5) is 15.0. The maximum Gasteiger partial charge on any atom is 0.238 e. The smallest absolute Gasteiger partial charge is 0.238 e. The number of nitrogens with one attached hydrogen (secondary N) is 1. The van der Waals surface area contributed by atoms with E-state index in [1.54, 1.807) is 32.0 Å². The zero-order valence-electron chi connectivity index (χ0n) is 17.5. The van der Waals surface area contributed by atoms with Gasteiger partial charge in [-0.15, -0.1) is 10.2 Å². The molecule has 0 spiro atoms. The summed E-state index contributed by atoms with van der Waals surface area (Å²) in [6.45, 7) is 6.25. The highest BCUT2D eigenvalue weighted by atomic mass is 32.2. The molecule has 0 radical (unpaired) electrons. The van der Waals surface area contributed by atoms with Crippen LogP contribution in [-0.2, 0) is 11.3 Å². The van der Waals surface area contributed by atoms with Crippen LogP contribution in [0.15, 0.2) is 40.0 Å². The van der Waals surface area contributed by atoms with Crippen LogP contribution in [0, 0.1) is 12.7 Å². The van der Waals surface area contributed by atoms with Gasteiger partial charge in [-0.05, 0) is 64.0 Å². The summed E-state index contributed by atoms with van der Waals surface area (Å²) in [7, 11) is 0. The molecular formula is C21H25FN6O2S. The molecule has 4 rings (SSSR count). The predicted molar refractivity (Wildman–Crippen MR) is 116 cm³/mol. The average Bonchev–Trinajstić information content (AvgIpc) is 3.35. The zero-order chi connectivity index (χ0) is 21.8. The van der Waals surface area contributed by atoms with Crippen LogP contribution in [0.25, 0.3) is 5.69 Å². The molecule has 0 unspecified atom stereocenters. The fraction of sp³-hybridized carbons (Fsp3) is 0.429. The van der Waals surface area contributed by atoms with Crippen molar-refractivity contribution in [3.8, 4) is 5.69 Å². The molecule has 1 amide bonds. The van der Waals surface area contributed by atoms with Crippen LogP contribution < -0.4 is 5.32 Å². The van der Waals surface area contributed by atoms with E-state index in [2.05, 4.69) is 25.6 Å². The Morgan fingerprint density at radius 3 is 2.65 bits per heavy atom. The van der Waals surface area contributed by atoms with Gasteiger partial charge in [-0.3, -0.25) is 14.3 Å². The Balaban J connectivity index is 1.55. The van der Waals surface area contributed by atoms with Crippen LogP contribution in [0.1, 0.15) is 37.8 Å². The van der Waals surface area contributed by atoms with Gasteiger partial charge in [0, 0.05) is 11.8 Å². The number of benzene rings is 1. The van der Waals surface area contributed by atoms with E-state index in [0.29, 0.717) is 23.3 Å². The molecule has 164 valence electrons. The number of carbonyl (C=O) groups excluding carboxylic acids is 1. The predicted octanol–water partition coefficient (Wildman–Crippen LogP) is 3.81. The van der Waals surface area contributed by atoms with Gasteiger partial charge in [0.2, 0.25) is 5.91 Å². The monoisotopic (exact) mass is 444 g/mol. The number of aromatic nitrogens is 4. The first-order chi connectivity index (χ1) is 15.0. The van der Waals surface area contributed by atoms with Gasteiger partial charge in [-0.2, -0.15) is 0 Å². The lowest BCUT2D eigenvalue weighted by Gasteiger charge is -2.26. The highest BCUT2D eigenvalue weighted by molar-refractivity contribution is 8.00. The molecule has 10 heteroatoms. The number of carbonyl (C=O) groups is 1. The van der Waals surface area contributed by atoms with Crippen molar-refractivity contribution in [3.63, 3.8) is 0 Å². The molecule has 1 N–H and O–H groups in total. The van der Waals surface area contributed by atoms with Crippen molar-refractivity contribution in [2.24, 2.45) is 0 Å². The van der Waals surface area contributed by atoms with Gasteiger partial charge < -0.3 is 9.84 Å². The molecular weight excluding hydrogens is 419 g/mol. The van der Waals surface area contributed by atoms with E-state index in [1.807, 2.05) is 4.57 Å². The van der Waals surface area contributed by atoms with Crippen molar-refractivity contribution in [2.45, 2.75) is 50.1 Å². The Kier molecular flexibility index (Phi) is 6.67. The first-order valence-corrected chi connectivity index (χ1v) is 11.2. The fourth-order valence-electron chi connectivity index (χ4n) is 3.51. The SMILES string of the molecule is Cc1cc(NC(=O)[C@H](C)Sc2nnc(CN3CCCCC3)n2-c2ccc(F)cc2)no1. The Morgan fingerprint density at radius 1 is 1.23 bits per heavy atom. The first-order valence-electron chi connectivity index (χ1n) is 10.3. The van der Waals surface area contributed by atoms with Crippen molar-refractivity contribution in [1.29, 1.82) is 0 Å².